The van der Waals surface area contributed by atoms with Crippen LogP contribution < -0.4 is 0 Å². The summed E-state index contributed by atoms with van der Waals surface area (Å²) in [6, 6.07) is 37.6. The van der Waals surface area contributed by atoms with E-state index in [2.05, 4.69) is 192 Å². The molecule has 0 fully saturated rings. The Balaban J connectivity index is 0.00000455. The number of nitrogens with one attached hydrogen (secondary N) is 1. The van der Waals surface area contributed by atoms with Gasteiger partial charge in [0.2, 0.25) is 0 Å². The second-order valence-corrected chi connectivity index (χ2v) is 15.5. The molecule has 0 radical (unpaired) electrons. The molecule has 0 unspecified atom stereocenters. The molecular weight excluding hydrogens is 736 g/mol. The van der Waals surface area contributed by atoms with E-state index in [-0.39, 0.29) is 17.1 Å². The Morgan fingerprint density at radius 3 is 1.47 bits per heavy atom. The largest absolute Gasteiger partial charge is 0.355 e. The van der Waals surface area contributed by atoms with Gasteiger partial charge in [-0.2, -0.15) is 0 Å². The van der Waals surface area contributed by atoms with E-state index in [0.29, 0.717) is 0 Å². The standard InChI is InChI=1S/C52H46N4.Fe/c1-30-13-9-17-43(34(30)5)49-46-26-25-41(55-46)28-40-22-21-38(53-40)27-39-23-24-42(54-39)29-48-50(44-18-10-14-31(2)35(44)6)51(45-19-11-15-32(3)36(45)7)52(49)56(48)47-20-12-16-33(4)37(47)8;/h9-29,53H,1-8H3;. The zero-order chi connectivity index (χ0) is 38.8. The number of benzene rings is 4. The Morgan fingerprint density at radius 1 is 0.439 bits per heavy atom. The fourth-order valence-corrected chi connectivity index (χ4v) is 8.39. The van der Waals surface area contributed by atoms with Gasteiger partial charge in [0, 0.05) is 50.5 Å². The maximum atomic E-state index is 5.47. The number of hydrogen-bond acceptors (Lipinski definition) is 2. The van der Waals surface area contributed by atoms with E-state index >= 15 is 0 Å². The summed E-state index contributed by atoms with van der Waals surface area (Å²) in [6.45, 7) is 17.9. The van der Waals surface area contributed by atoms with Crippen LogP contribution in [0.15, 0.2) is 103 Å². The van der Waals surface area contributed by atoms with Crippen LogP contribution >= 0.6 is 0 Å². The topological polar surface area (TPSA) is 46.5 Å². The van der Waals surface area contributed by atoms with E-state index in [9.17, 15) is 0 Å². The van der Waals surface area contributed by atoms with Crippen LogP contribution in [0.2, 0.25) is 0 Å². The Labute approximate surface area is 346 Å². The van der Waals surface area contributed by atoms with Gasteiger partial charge in [0.15, 0.2) is 0 Å². The van der Waals surface area contributed by atoms with Gasteiger partial charge in [-0.25, -0.2) is 9.97 Å². The van der Waals surface area contributed by atoms with Crippen molar-refractivity contribution in [2.75, 3.05) is 0 Å². The van der Waals surface area contributed by atoms with Gasteiger partial charge in [-0.05, 0) is 177 Å². The zero-order valence-corrected chi connectivity index (χ0v) is 34.9. The molecule has 57 heavy (non-hydrogen) atoms. The average molecular weight is 783 g/mol. The van der Waals surface area contributed by atoms with E-state index in [0.717, 1.165) is 61.7 Å². The van der Waals surface area contributed by atoms with Crippen LogP contribution in [0.5, 0.6) is 0 Å². The second kappa shape index (κ2) is 14.8. The molecule has 282 valence electrons. The molecule has 4 nitrogen and oxygen atoms in total. The summed E-state index contributed by atoms with van der Waals surface area (Å²) in [4.78, 5) is 14.3. The van der Waals surface area contributed by atoms with Crippen LogP contribution in [0.1, 0.15) is 67.3 Å². The molecule has 1 N–H and O–H groups in total. The fraction of sp³-hybridized carbons (Fsp3) is 0.154. The minimum absolute atomic E-state index is 0. The summed E-state index contributed by atoms with van der Waals surface area (Å²) in [5.74, 6) is 0. The van der Waals surface area contributed by atoms with Gasteiger partial charge in [-0.3, -0.25) is 0 Å². The summed E-state index contributed by atoms with van der Waals surface area (Å²) in [7, 11) is 0. The molecule has 8 bridgehead atoms. The fourth-order valence-electron chi connectivity index (χ4n) is 8.39. The molecule has 7 aromatic rings. The van der Waals surface area contributed by atoms with Gasteiger partial charge in [0.05, 0.1) is 33.8 Å². The summed E-state index contributed by atoms with van der Waals surface area (Å²) in [5.41, 5.74) is 25.9. The van der Waals surface area contributed by atoms with Crippen molar-refractivity contribution in [1.29, 1.82) is 0 Å². The predicted molar refractivity (Wildman–Crippen MR) is 238 cm³/mol. The van der Waals surface area contributed by atoms with E-state index in [1.807, 2.05) is 0 Å². The molecule has 2 aliphatic rings. The van der Waals surface area contributed by atoms with Crippen molar-refractivity contribution in [1.82, 2.24) is 19.5 Å². The molecule has 3 aromatic heterocycles. The first-order valence-corrected chi connectivity index (χ1v) is 19.5. The Morgan fingerprint density at radius 2 is 0.895 bits per heavy atom. The molecule has 9 rings (SSSR count). The molecule has 5 heteroatoms. The molecule has 0 aliphatic carbocycles. The van der Waals surface area contributed by atoms with Gasteiger partial charge in [0.25, 0.3) is 0 Å². The third-order valence-corrected chi connectivity index (χ3v) is 12.1. The maximum absolute atomic E-state index is 5.47. The third kappa shape index (κ3) is 6.51. The van der Waals surface area contributed by atoms with Crippen LogP contribution in [-0.2, 0) is 17.1 Å². The summed E-state index contributed by atoms with van der Waals surface area (Å²) < 4.78 is 2.53. The SMILES string of the molecule is Cc1cccc(-c2c(-c3cccc(C)c3C)c3c(-c4cccc(C)c4C)c4nc(cc5ccc(cc6nc(cc2n3-c2cccc(C)c2C)C=C6)[nH]5)C=C4)c1C.[Fe]. The number of rotatable bonds is 4. The van der Waals surface area contributed by atoms with E-state index < -0.39 is 0 Å². The normalized spacial score (nSPS) is 11.9. The van der Waals surface area contributed by atoms with Crippen molar-refractivity contribution < 1.29 is 17.1 Å². The molecule has 2 aliphatic heterocycles. The number of aromatic amines is 1. The van der Waals surface area contributed by atoms with Crippen molar-refractivity contribution in [2.24, 2.45) is 0 Å². The number of aromatic nitrogens is 4. The average Bonchev–Trinajstić information content (AvgIpc) is 3.99. The third-order valence-electron chi connectivity index (χ3n) is 12.1. The second-order valence-electron chi connectivity index (χ2n) is 15.5. The maximum Gasteiger partial charge on any atom is 0.0737 e. The van der Waals surface area contributed by atoms with Crippen molar-refractivity contribution in [2.45, 2.75) is 55.4 Å². The van der Waals surface area contributed by atoms with Gasteiger partial charge in [-0.15, -0.1) is 0 Å². The molecule has 5 heterocycles. The van der Waals surface area contributed by atoms with Crippen molar-refractivity contribution >= 4 is 46.4 Å². The smallest absolute Gasteiger partial charge is 0.0737 e. The first-order valence-electron chi connectivity index (χ1n) is 19.5. The van der Waals surface area contributed by atoms with Gasteiger partial charge in [0.1, 0.15) is 0 Å². The number of H-pyrrole nitrogens is 1. The number of nitrogens with zero attached hydrogens (tertiary/aromatic N) is 3. The van der Waals surface area contributed by atoms with Crippen molar-refractivity contribution in [3.05, 3.63) is 170 Å². The van der Waals surface area contributed by atoms with Crippen LogP contribution in [0.25, 0.3) is 85.4 Å². The Bertz CT molecular complexity index is 3010. The molecule has 0 spiro atoms. The minimum atomic E-state index is 0. The van der Waals surface area contributed by atoms with Gasteiger partial charge < -0.3 is 9.55 Å². The van der Waals surface area contributed by atoms with Crippen LogP contribution in [-0.4, -0.2) is 19.5 Å². The van der Waals surface area contributed by atoms with E-state index in [1.165, 1.54) is 66.8 Å². The zero-order valence-electron chi connectivity index (χ0n) is 33.8. The molecule has 4 aromatic carbocycles. The number of hydrogen-bond donors (Lipinski definition) is 1. The monoisotopic (exact) mass is 782 g/mol. The summed E-state index contributed by atoms with van der Waals surface area (Å²) >= 11 is 0. The molecule has 0 saturated heterocycles. The number of fused-ring (bicyclic) bond motifs is 8. The molecular formula is C52H46FeN4. The predicted octanol–water partition coefficient (Wildman–Crippen LogP) is 13.6. The minimum Gasteiger partial charge on any atom is -0.355 e. The van der Waals surface area contributed by atoms with E-state index in [4.69, 9.17) is 9.97 Å². The molecule has 0 saturated carbocycles. The first-order chi connectivity index (χ1) is 27.1. The molecule has 0 amide bonds. The summed E-state index contributed by atoms with van der Waals surface area (Å²) in [6.07, 6.45) is 8.61. The number of aryl methyl sites for hydroxylation is 4. The van der Waals surface area contributed by atoms with Gasteiger partial charge >= 0.3 is 0 Å². The quantitative estimate of drug-likeness (QED) is 0.181. The van der Waals surface area contributed by atoms with Crippen LogP contribution in [0.4, 0.5) is 0 Å². The van der Waals surface area contributed by atoms with Gasteiger partial charge in [-0.1, -0.05) is 66.7 Å². The van der Waals surface area contributed by atoms with Crippen molar-refractivity contribution in [3.63, 3.8) is 0 Å². The first kappa shape index (κ1) is 37.9. The summed E-state index contributed by atoms with van der Waals surface area (Å²) in [5, 5.41) is 0. The molecule has 0 atom stereocenters. The van der Waals surface area contributed by atoms with Crippen LogP contribution in [0.3, 0.4) is 0 Å². The van der Waals surface area contributed by atoms with Crippen molar-refractivity contribution in [3.8, 4) is 39.1 Å². The Kier molecular flexibility index (Phi) is 9.85. The van der Waals surface area contributed by atoms with E-state index in [1.54, 1.807) is 0 Å². The van der Waals surface area contributed by atoms with Crippen LogP contribution in [0, 0.1) is 55.4 Å². The Hall–Kier alpha value is -6.00.